The molecule has 1 amide bonds. The summed E-state index contributed by atoms with van der Waals surface area (Å²) in [6.45, 7) is 0. The van der Waals surface area contributed by atoms with Crippen molar-refractivity contribution in [2.75, 3.05) is 7.11 Å². The molecule has 1 heterocycles. The predicted octanol–water partition coefficient (Wildman–Crippen LogP) is 4.89. The molecule has 0 fully saturated rings. The molecule has 1 aromatic heterocycles. The van der Waals surface area contributed by atoms with Crippen LogP contribution in [0.4, 0.5) is 0 Å². The van der Waals surface area contributed by atoms with Crippen LogP contribution in [0.15, 0.2) is 107 Å². The number of furan rings is 1. The first-order valence-electron chi connectivity index (χ1n) is 11.3. The van der Waals surface area contributed by atoms with Crippen molar-refractivity contribution in [2.45, 2.75) is 0 Å². The van der Waals surface area contributed by atoms with Gasteiger partial charge in [-0.15, -0.1) is 0 Å². The van der Waals surface area contributed by atoms with Crippen LogP contribution in [0.2, 0.25) is 0 Å². The minimum atomic E-state index is -0.665. The van der Waals surface area contributed by atoms with Crippen LogP contribution >= 0.6 is 0 Å². The number of para-hydroxylation sites is 2. The van der Waals surface area contributed by atoms with Gasteiger partial charge in [0.25, 0.3) is 0 Å². The Morgan fingerprint density at radius 2 is 1.50 bits per heavy atom. The van der Waals surface area contributed by atoms with Gasteiger partial charge in [-0.25, -0.2) is 15.0 Å². The first-order chi connectivity index (χ1) is 18.5. The van der Waals surface area contributed by atoms with Crippen LogP contribution < -0.4 is 19.6 Å². The zero-order valence-electron chi connectivity index (χ0n) is 20.2. The van der Waals surface area contributed by atoms with Gasteiger partial charge in [0, 0.05) is 17.2 Å². The number of hydrogen-bond donors (Lipinski definition) is 1. The summed E-state index contributed by atoms with van der Waals surface area (Å²) >= 11 is 0. The third-order valence-corrected chi connectivity index (χ3v) is 5.09. The first-order valence-corrected chi connectivity index (χ1v) is 11.3. The maximum absolute atomic E-state index is 12.6. The molecular formula is C29H22N2O7. The van der Waals surface area contributed by atoms with Gasteiger partial charge in [-0.3, -0.25) is 4.79 Å². The lowest BCUT2D eigenvalue weighted by molar-refractivity contribution is -0.128. The number of nitrogens with one attached hydrogen (secondary N) is 1. The molecule has 4 aromatic rings. The lowest BCUT2D eigenvalue weighted by Crippen LogP contribution is -2.16. The number of hydrogen-bond acceptors (Lipinski definition) is 8. The van der Waals surface area contributed by atoms with E-state index >= 15 is 0 Å². The van der Waals surface area contributed by atoms with Crippen molar-refractivity contribution < 1.29 is 33.0 Å². The van der Waals surface area contributed by atoms with E-state index in [1.54, 1.807) is 78.9 Å². The Labute approximate surface area is 218 Å². The van der Waals surface area contributed by atoms with Crippen molar-refractivity contribution in [2.24, 2.45) is 5.10 Å². The molecule has 0 unspecified atom stereocenters. The molecule has 0 saturated carbocycles. The quantitative estimate of drug-likeness (QED) is 0.112. The summed E-state index contributed by atoms with van der Waals surface area (Å²) < 4.78 is 21.1. The number of carbonyl (C=O) groups excluding carboxylic acids is 3. The van der Waals surface area contributed by atoms with Crippen molar-refractivity contribution in [3.63, 3.8) is 0 Å². The second kappa shape index (κ2) is 12.5. The van der Waals surface area contributed by atoms with E-state index in [9.17, 15) is 14.4 Å². The number of carbonyl (C=O) groups is 3. The summed E-state index contributed by atoms with van der Waals surface area (Å²) in [6, 6.07) is 23.1. The fraction of sp³-hybridized carbons (Fsp3) is 0.0345. The van der Waals surface area contributed by atoms with Gasteiger partial charge in [0.15, 0.2) is 5.76 Å². The van der Waals surface area contributed by atoms with E-state index in [1.165, 1.54) is 37.8 Å². The number of ether oxygens (including phenoxy) is 3. The Morgan fingerprint density at radius 3 is 2.18 bits per heavy atom. The zero-order chi connectivity index (χ0) is 26.7. The van der Waals surface area contributed by atoms with E-state index in [1.807, 2.05) is 0 Å². The summed E-state index contributed by atoms with van der Waals surface area (Å²) in [5, 5.41) is 3.88. The number of rotatable bonds is 9. The highest BCUT2D eigenvalue weighted by Crippen LogP contribution is 2.22. The smallest absolute Gasteiger partial charge is 0.343 e. The Balaban J connectivity index is 1.40. The monoisotopic (exact) mass is 510 g/mol. The van der Waals surface area contributed by atoms with Gasteiger partial charge in [0.2, 0.25) is 0 Å². The molecule has 0 saturated heterocycles. The Hall–Kier alpha value is -5.44. The van der Waals surface area contributed by atoms with Crippen molar-refractivity contribution in [1.29, 1.82) is 0 Å². The van der Waals surface area contributed by atoms with Gasteiger partial charge in [-0.05, 0) is 60.7 Å². The van der Waals surface area contributed by atoms with Crippen LogP contribution in [0.5, 0.6) is 17.2 Å². The average molecular weight is 511 g/mol. The van der Waals surface area contributed by atoms with Crippen molar-refractivity contribution in [3.8, 4) is 17.2 Å². The Bertz CT molecular complexity index is 1470. The lowest BCUT2D eigenvalue weighted by Gasteiger charge is -2.08. The van der Waals surface area contributed by atoms with E-state index in [4.69, 9.17) is 18.6 Å². The predicted molar refractivity (Wildman–Crippen MR) is 139 cm³/mol. The molecule has 0 aliphatic carbocycles. The van der Waals surface area contributed by atoms with Gasteiger partial charge in [-0.1, -0.05) is 30.3 Å². The van der Waals surface area contributed by atoms with Crippen molar-refractivity contribution >= 4 is 30.1 Å². The van der Waals surface area contributed by atoms with E-state index in [-0.39, 0.29) is 17.3 Å². The highest BCUT2D eigenvalue weighted by atomic mass is 16.5. The van der Waals surface area contributed by atoms with Gasteiger partial charge < -0.3 is 18.6 Å². The SMILES string of the molecule is COc1ccc(C(=O)Oc2ccccc2/C=C/C(=O)Oc2ccccc2/C=N/NC(=O)c2ccco2)cc1. The van der Waals surface area contributed by atoms with Crippen LogP contribution in [0, 0.1) is 0 Å². The third-order valence-electron chi connectivity index (χ3n) is 5.09. The molecule has 9 nitrogen and oxygen atoms in total. The molecule has 0 atom stereocenters. The van der Waals surface area contributed by atoms with Gasteiger partial charge in [0.05, 0.1) is 25.2 Å². The summed E-state index contributed by atoms with van der Waals surface area (Å²) in [4.78, 5) is 37.0. The average Bonchev–Trinajstić information content (AvgIpc) is 3.49. The molecule has 9 heteroatoms. The van der Waals surface area contributed by atoms with Gasteiger partial charge in [-0.2, -0.15) is 5.10 Å². The molecule has 4 rings (SSSR count). The molecule has 3 aromatic carbocycles. The summed E-state index contributed by atoms with van der Waals surface area (Å²) in [5.41, 5.74) is 3.65. The van der Waals surface area contributed by atoms with Crippen LogP contribution in [0.1, 0.15) is 32.0 Å². The Morgan fingerprint density at radius 1 is 0.816 bits per heavy atom. The third kappa shape index (κ3) is 6.82. The number of hydrazone groups is 1. The standard InChI is InChI=1S/C29H22N2O7/c1-35-23-15-12-21(13-16-23)29(34)38-24-9-4-2-7-20(24)14-17-27(32)37-25-10-5-3-8-22(25)19-30-31-28(33)26-11-6-18-36-26/h2-19H,1H3,(H,31,33)/b17-14+,30-19+. The molecule has 0 bridgehead atoms. The topological polar surface area (TPSA) is 116 Å². The highest BCUT2D eigenvalue weighted by molar-refractivity contribution is 5.94. The van der Waals surface area contributed by atoms with Crippen LogP contribution in [-0.2, 0) is 4.79 Å². The second-order valence-corrected chi connectivity index (χ2v) is 7.62. The summed E-state index contributed by atoms with van der Waals surface area (Å²) in [5.74, 6) is -0.494. The van der Waals surface area contributed by atoms with E-state index in [0.717, 1.165) is 0 Å². The molecule has 0 aliphatic rings. The molecule has 0 radical (unpaired) electrons. The zero-order valence-corrected chi connectivity index (χ0v) is 20.2. The second-order valence-electron chi connectivity index (χ2n) is 7.62. The van der Waals surface area contributed by atoms with Gasteiger partial charge >= 0.3 is 17.8 Å². The molecule has 1 N–H and O–H groups in total. The number of nitrogens with zero attached hydrogens (tertiary/aromatic N) is 1. The Kier molecular flexibility index (Phi) is 8.44. The normalized spacial score (nSPS) is 10.9. The molecule has 38 heavy (non-hydrogen) atoms. The molecule has 190 valence electrons. The number of esters is 2. The van der Waals surface area contributed by atoms with Crippen molar-refractivity contribution in [3.05, 3.63) is 120 Å². The van der Waals surface area contributed by atoms with E-state index < -0.39 is 17.8 Å². The van der Waals surface area contributed by atoms with Crippen LogP contribution in [0.25, 0.3) is 6.08 Å². The molecular weight excluding hydrogens is 488 g/mol. The minimum Gasteiger partial charge on any atom is -0.497 e. The maximum Gasteiger partial charge on any atom is 0.343 e. The van der Waals surface area contributed by atoms with E-state index in [0.29, 0.717) is 22.4 Å². The summed E-state index contributed by atoms with van der Waals surface area (Å²) in [7, 11) is 1.54. The van der Waals surface area contributed by atoms with Crippen LogP contribution in [-0.4, -0.2) is 31.2 Å². The molecule has 0 spiro atoms. The molecule has 0 aliphatic heterocycles. The fourth-order valence-corrected chi connectivity index (χ4v) is 3.20. The van der Waals surface area contributed by atoms with Gasteiger partial charge in [0.1, 0.15) is 17.2 Å². The number of benzene rings is 3. The largest absolute Gasteiger partial charge is 0.497 e. The maximum atomic E-state index is 12.6. The highest BCUT2D eigenvalue weighted by Gasteiger charge is 2.12. The van der Waals surface area contributed by atoms with Crippen molar-refractivity contribution in [1.82, 2.24) is 5.43 Å². The lowest BCUT2D eigenvalue weighted by atomic mass is 10.1. The number of amides is 1. The fourth-order valence-electron chi connectivity index (χ4n) is 3.20. The summed E-state index contributed by atoms with van der Waals surface area (Å²) in [6.07, 6.45) is 5.43. The number of methoxy groups -OCH3 is 1. The van der Waals surface area contributed by atoms with E-state index in [2.05, 4.69) is 10.5 Å². The minimum absolute atomic E-state index is 0.113. The van der Waals surface area contributed by atoms with Crippen LogP contribution in [0.3, 0.4) is 0 Å². The first kappa shape index (κ1) is 25.6.